The second-order valence-corrected chi connectivity index (χ2v) is 5.69. The van der Waals surface area contributed by atoms with Gasteiger partial charge in [0.1, 0.15) is 0 Å². The predicted octanol–water partition coefficient (Wildman–Crippen LogP) is 2.50. The van der Waals surface area contributed by atoms with Crippen molar-refractivity contribution in [3.8, 4) is 0 Å². The van der Waals surface area contributed by atoms with Crippen LogP contribution >= 0.6 is 0 Å². The molecule has 0 amide bonds. The number of hydrogen-bond acceptors (Lipinski definition) is 3. The lowest BCUT2D eigenvalue weighted by Gasteiger charge is -2.35. The largest absolute Gasteiger partial charge is 0.381 e. The second kappa shape index (κ2) is 4.04. The molecule has 2 aliphatic heterocycles. The van der Waals surface area contributed by atoms with Crippen LogP contribution in [0, 0.1) is 0 Å². The van der Waals surface area contributed by atoms with Gasteiger partial charge in [0.15, 0.2) is 0 Å². The first-order valence-electron chi connectivity index (χ1n) is 7.11. The van der Waals surface area contributed by atoms with Crippen molar-refractivity contribution >= 4 is 0 Å². The molecule has 4 rings (SSSR count). The fraction of sp³-hybridized carbons (Fsp3) is 0.667. The van der Waals surface area contributed by atoms with Crippen molar-refractivity contribution in [1.29, 1.82) is 0 Å². The Kier molecular flexibility index (Phi) is 2.45. The summed E-state index contributed by atoms with van der Waals surface area (Å²) in [6, 6.07) is 0. The van der Waals surface area contributed by atoms with Crippen LogP contribution in [0.4, 0.5) is 0 Å². The summed E-state index contributed by atoms with van der Waals surface area (Å²) in [5.41, 5.74) is 5.63. The van der Waals surface area contributed by atoms with Crippen molar-refractivity contribution in [3.63, 3.8) is 0 Å². The number of ether oxygens (including phenoxy) is 2. The first kappa shape index (κ1) is 10.9. The fourth-order valence-corrected chi connectivity index (χ4v) is 3.78. The van der Waals surface area contributed by atoms with E-state index < -0.39 is 0 Å². The van der Waals surface area contributed by atoms with Crippen molar-refractivity contribution in [2.75, 3.05) is 13.2 Å². The van der Waals surface area contributed by atoms with Crippen LogP contribution in [-0.4, -0.2) is 18.2 Å². The number of hydrogen-bond donors (Lipinski definition) is 0. The van der Waals surface area contributed by atoms with E-state index in [9.17, 15) is 0 Å². The van der Waals surface area contributed by atoms with Gasteiger partial charge in [-0.1, -0.05) is 0 Å². The molecule has 0 N–H and O–H groups in total. The summed E-state index contributed by atoms with van der Waals surface area (Å²) >= 11 is 0. The summed E-state index contributed by atoms with van der Waals surface area (Å²) < 4.78 is 11.7. The molecular weight excluding hydrogens is 226 g/mol. The molecule has 0 radical (unpaired) electrons. The molecule has 3 heterocycles. The van der Waals surface area contributed by atoms with Gasteiger partial charge < -0.3 is 9.47 Å². The zero-order valence-electron chi connectivity index (χ0n) is 10.7. The fourth-order valence-electron chi connectivity index (χ4n) is 3.78. The first-order valence-corrected chi connectivity index (χ1v) is 7.11. The molecule has 1 aliphatic carbocycles. The van der Waals surface area contributed by atoms with Crippen LogP contribution in [0.15, 0.2) is 6.20 Å². The predicted molar refractivity (Wildman–Crippen MR) is 67.4 cm³/mol. The maximum atomic E-state index is 6.20. The van der Waals surface area contributed by atoms with Crippen LogP contribution in [0.1, 0.15) is 48.1 Å². The molecule has 0 aromatic carbocycles. The molecule has 3 aliphatic rings. The maximum Gasteiger partial charge on any atom is 0.0987 e. The lowest BCUT2D eigenvalue weighted by molar-refractivity contribution is -0.107. The number of pyridine rings is 1. The molecule has 1 fully saturated rings. The number of fused-ring (bicyclic) bond motifs is 4. The Bertz CT molecular complexity index is 472. The highest BCUT2D eigenvalue weighted by atomic mass is 16.5. The van der Waals surface area contributed by atoms with Gasteiger partial charge in [0, 0.05) is 43.5 Å². The standard InChI is InChI=1S/C15H19NO2/c1-2-4-13-12(3-1)14-11(9-16-13)10-18-15(14)5-7-17-8-6-15/h9H,1-8,10H2. The molecule has 3 nitrogen and oxygen atoms in total. The minimum absolute atomic E-state index is 0.0437. The molecule has 0 bridgehead atoms. The lowest BCUT2D eigenvalue weighted by Crippen LogP contribution is -2.34. The average molecular weight is 245 g/mol. The van der Waals surface area contributed by atoms with E-state index in [-0.39, 0.29) is 5.60 Å². The van der Waals surface area contributed by atoms with E-state index >= 15 is 0 Å². The molecule has 1 saturated heterocycles. The van der Waals surface area contributed by atoms with E-state index in [4.69, 9.17) is 9.47 Å². The van der Waals surface area contributed by atoms with Gasteiger partial charge in [0.25, 0.3) is 0 Å². The summed E-state index contributed by atoms with van der Waals surface area (Å²) in [6.45, 7) is 2.41. The molecule has 1 spiro atoms. The molecule has 1 aromatic heterocycles. The van der Waals surface area contributed by atoms with Gasteiger partial charge in [-0.05, 0) is 36.8 Å². The highest BCUT2D eigenvalue weighted by Gasteiger charge is 2.44. The van der Waals surface area contributed by atoms with Crippen LogP contribution < -0.4 is 0 Å². The third kappa shape index (κ3) is 1.47. The van der Waals surface area contributed by atoms with Crippen LogP contribution in [-0.2, 0) is 34.5 Å². The normalized spacial score (nSPS) is 24.9. The SMILES string of the molecule is c1nc2c(c3c1COC31CCOCC1)CCCC2. The maximum absolute atomic E-state index is 6.20. The Labute approximate surface area is 108 Å². The van der Waals surface area contributed by atoms with E-state index in [0.29, 0.717) is 0 Å². The van der Waals surface area contributed by atoms with Crippen LogP contribution in [0.3, 0.4) is 0 Å². The third-order valence-electron chi connectivity index (χ3n) is 4.70. The number of aromatic nitrogens is 1. The lowest BCUT2D eigenvalue weighted by atomic mass is 9.79. The van der Waals surface area contributed by atoms with Crippen LogP contribution in [0.5, 0.6) is 0 Å². The van der Waals surface area contributed by atoms with Gasteiger partial charge in [0.05, 0.1) is 12.2 Å². The van der Waals surface area contributed by atoms with E-state index in [0.717, 1.165) is 39.1 Å². The number of nitrogens with zero attached hydrogens (tertiary/aromatic N) is 1. The highest BCUT2D eigenvalue weighted by molar-refractivity contribution is 5.44. The van der Waals surface area contributed by atoms with E-state index in [2.05, 4.69) is 11.2 Å². The summed E-state index contributed by atoms with van der Waals surface area (Å²) in [4.78, 5) is 4.66. The Morgan fingerprint density at radius 1 is 1.11 bits per heavy atom. The van der Waals surface area contributed by atoms with Crippen molar-refractivity contribution in [2.24, 2.45) is 0 Å². The van der Waals surface area contributed by atoms with Gasteiger partial charge in [0.2, 0.25) is 0 Å². The molecule has 96 valence electrons. The van der Waals surface area contributed by atoms with Gasteiger partial charge in [-0.15, -0.1) is 0 Å². The summed E-state index contributed by atoms with van der Waals surface area (Å²) in [7, 11) is 0. The van der Waals surface area contributed by atoms with Gasteiger partial charge in [-0.3, -0.25) is 4.98 Å². The Morgan fingerprint density at radius 3 is 2.83 bits per heavy atom. The molecule has 0 saturated carbocycles. The Balaban J connectivity index is 1.86. The Morgan fingerprint density at radius 2 is 1.94 bits per heavy atom. The molecule has 18 heavy (non-hydrogen) atoms. The van der Waals surface area contributed by atoms with Crippen molar-refractivity contribution in [2.45, 2.75) is 50.7 Å². The molecule has 0 atom stereocenters. The third-order valence-corrected chi connectivity index (χ3v) is 4.70. The van der Waals surface area contributed by atoms with Gasteiger partial charge in [-0.25, -0.2) is 0 Å². The van der Waals surface area contributed by atoms with E-state index in [1.807, 2.05) is 0 Å². The molecular formula is C15H19NO2. The molecule has 3 heteroatoms. The first-order chi connectivity index (χ1) is 8.89. The topological polar surface area (TPSA) is 31.4 Å². The molecule has 0 unspecified atom stereocenters. The Hall–Kier alpha value is -0.930. The van der Waals surface area contributed by atoms with Crippen molar-refractivity contribution < 1.29 is 9.47 Å². The summed E-state index contributed by atoms with van der Waals surface area (Å²) in [6.07, 6.45) is 9.01. The quantitative estimate of drug-likeness (QED) is 0.703. The monoisotopic (exact) mass is 245 g/mol. The van der Waals surface area contributed by atoms with Crippen molar-refractivity contribution in [1.82, 2.24) is 4.98 Å². The summed E-state index contributed by atoms with van der Waals surface area (Å²) in [5, 5.41) is 0. The van der Waals surface area contributed by atoms with Gasteiger partial charge >= 0.3 is 0 Å². The smallest absolute Gasteiger partial charge is 0.0987 e. The number of rotatable bonds is 0. The van der Waals surface area contributed by atoms with Gasteiger partial charge in [-0.2, -0.15) is 0 Å². The van der Waals surface area contributed by atoms with Crippen LogP contribution in [0.25, 0.3) is 0 Å². The average Bonchev–Trinajstić information content (AvgIpc) is 2.79. The second-order valence-electron chi connectivity index (χ2n) is 5.69. The minimum atomic E-state index is -0.0437. The molecule has 1 aromatic rings. The van der Waals surface area contributed by atoms with Crippen molar-refractivity contribution in [3.05, 3.63) is 28.6 Å². The van der Waals surface area contributed by atoms with E-state index in [1.54, 1.807) is 0 Å². The zero-order chi connectivity index (χ0) is 12.0. The van der Waals surface area contributed by atoms with E-state index in [1.165, 1.54) is 41.6 Å². The number of aryl methyl sites for hydroxylation is 1. The summed E-state index contributed by atoms with van der Waals surface area (Å²) in [5.74, 6) is 0. The minimum Gasteiger partial charge on any atom is -0.381 e. The van der Waals surface area contributed by atoms with Crippen LogP contribution in [0.2, 0.25) is 0 Å². The zero-order valence-corrected chi connectivity index (χ0v) is 10.7. The highest BCUT2D eigenvalue weighted by Crippen LogP contribution is 2.46.